The Morgan fingerprint density at radius 1 is 0.455 bits per heavy atom. The van der Waals surface area contributed by atoms with Crippen LogP contribution < -0.4 is 33.2 Å². The molecule has 3 aromatic rings. The van der Waals surface area contributed by atoms with Crippen LogP contribution in [0.15, 0.2) is 36.4 Å². The van der Waals surface area contributed by atoms with Crippen molar-refractivity contribution in [2.45, 2.75) is 0 Å². The third-order valence-electron chi connectivity index (χ3n) is 4.92. The fourth-order valence-corrected chi connectivity index (χ4v) is 3.36. The van der Waals surface area contributed by atoms with Crippen molar-refractivity contribution < 1.29 is 43.4 Å². The van der Waals surface area contributed by atoms with E-state index in [1.165, 1.54) is 47.7 Å². The van der Waals surface area contributed by atoms with Gasteiger partial charge in [-0.1, -0.05) is 0 Å². The van der Waals surface area contributed by atoms with Crippen LogP contribution in [0.25, 0.3) is 11.1 Å². The van der Waals surface area contributed by atoms with E-state index in [-0.39, 0.29) is 28.7 Å². The summed E-state index contributed by atoms with van der Waals surface area (Å²) in [6, 6.07) is 9.26. The van der Waals surface area contributed by atoms with Gasteiger partial charge in [-0.3, -0.25) is 0 Å². The monoisotopic (exact) mass is 458 g/mol. The van der Waals surface area contributed by atoms with Crippen LogP contribution in [0, 0.1) is 0 Å². The van der Waals surface area contributed by atoms with E-state index in [1.807, 2.05) is 0 Å². The highest BCUT2D eigenvalue weighted by atomic mass is 16.5. The van der Waals surface area contributed by atoms with Crippen LogP contribution >= 0.6 is 0 Å². The second kappa shape index (κ2) is 9.99. The van der Waals surface area contributed by atoms with E-state index in [4.69, 9.17) is 33.2 Å². The molecule has 0 saturated heterocycles. The zero-order valence-electron chi connectivity index (χ0n) is 19.2. The number of hydrogen-bond donors (Lipinski definition) is 2. The highest BCUT2D eigenvalue weighted by Gasteiger charge is 2.25. The Labute approximate surface area is 191 Å². The Bertz CT molecular complexity index is 1070. The van der Waals surface area contributed by atoms with Crippen molar-refractivity contribution in [3.63, 3.8) is 0 Å². The summed E-state index contributed by atoms with van der Waals surface area (Å²) in [5, 5.41) is 20.5. The maximum atomic E-state index is 10.3. The van der Waals surface area contributed by atoms with Crippen LogP contribution in [-0.4, -0.2) is 52.9 Å². The van der Waals surface area contributed by atoms with Crippen LogP contribution in [0.2, 0.25) is 0 Å². The highest BCUT2D eigenvalue weighted by Crippen LogP contribution is 2.52. The lowest BCUT2D eigenvalue weighted by atomic mass is 10.00. The lowest BCUT2D eigenvalue weighted by molar-refractivity contribution is 0.356. The van der Waals surface area contributed by atoms with E-state index in [2.05, 4.69) is 0 Å². The molecular weight excluding hydrogens is 432 g/mol. The molecule has 0 aromatic heterocycles. The number of phenolic OH excluding ortho intramolecular Hbond substituents is 2. The zero-order valence-corrected chi connectivity index (χ0v) is 19.2. The summed E-state index contributed by atoms with van der Waals surface area (Å²) < 4.78 is 38.5. The largest absolute Gasteiger partial charge is 0.504 e. The summed E-state index contributed by atoms with van der Waals surface area (Å²) in [7, 11) is 9.02. The molecular formula is C24H26O9. The molecule has 3 aromatic carbocycles. The molecule has 0 heterocycles. The molecule has 0 aliphatic carbocycles. The van der Waals surface area contributed by atoms with E-state index in [0.29, 0.717) is 39.9 Å². The molecule has 176 valence electrons. The Kier molecular flexibility index (Phi) is 7.12. The first-order valence-corrected chi connectivity index (χ1v) is 9.74. The second-order valence-electron chi connectivity index (χ2n) is 6.71. The molecule has 0 saturated carbocycles. The molecule has 9 heteroatoms. The first kappa shape index (κ1) is 23.5. The summed E-state index contributed by atoms with van der Waals surface area (Å²) in [6.45, 7) is 0. The van der Waals surface area contributed by atoms with Crippen molar-refractivity contribution in [1.29, 1.82) is 0 Å². The highest BCUT2D eigenvalue weighted by molar-refractivity contribution is 5.87. The summed E-state index contributed by atoms with van der Waals surface area (Å²) in [6.07, 6.45) is 0. The minimum atomic E-state index is -0.299. The molecule has 33 heavy (non-hydrogen) atoms. The van der Waals surface area contributed by atoms with Crippen molar-refractivity contribution in [2.24, 2.45) is 0 Å². The smallest absolute Gasteiger partial charge is 0.210 e. The lowest BCUT2D eigenvalue weighted by Gasteiger charge is -2.20. The fraction of sp³-hybridized carbons (Fsp3) is 0.250. The van der Waals surface area contributed by atoms with E-state index in [1.54, 1.807) is 31.4 Å². The maximum Gasteiger partial charge on any atom is 0.210 e. The topological polar surface area (TPSA) is 105 Å². The average molecular weight is 458 g/mol. The Hall–Kier alpha value is -4.14. The maximum absolute atomic E-state index is 10.3. The number of aromatic hydroxyl groups is 2. The average Bonchev–Trinajstić information content (AvgIpc) is 2.84. The zero-order chi connectivity index (χ0) is 24.1. The van der Waals surface area contributed by atoms with Crippen molar-refractivity contribution in [3.05, 3.63) is 36.4 Å². The number of hydrogen-bond acceptors (Lipinski definition) is 9. The first-order valence-electron chi connectivity index (χ1n) is 9.74. The van der Waals surface area contributed by atoms with Crippen molar-refractivity contribution >= 4 is 0 Å². The third-order valence-corrected chi connectivity index (χ3v) is 4.92. The molecule has 0 fully saturated rings. The molecule has 0 radical (unpaired) electrons. The molecule has 0 spiro atoms. The Morgan fingerprint density at radius 3 is 1.12 bits per heavy atom. The third kappa shape index (κ3) is 4.57. The lowest BCUT2D eigenvalue weighted by Crippen LogP contribution is -2.00. The Morgan fingerprint density at radius 2 is 0.788 bits per heavy atom. The summed E-state index contributed by atoms with van der Waals surface area (Å²) >= 11 is 0. The van der Waals surface area contributed by atoms with Gasteiger partial charge in [0.1, 0.15) is 40.2 Å². The van der Waals surface area contributed by atoms with Gasteiger partial charge in [0, 0.05) is 36.4 Å². The van der Waals surface area contributed by atoms with Crippen LogP contribution in [0.5, 0.6) is 57.5 Å². The quantitative estimate of drug-likeness (QED) is 0.476. The molecule has 0 aliphatic rings. The van der Waals surface area contributed by atoms with Gasteiger partial charge in [0.05, 0.1) is 53.8 Å². The summed E-state index contributed by atoms with van der Waals surface area (Å²) in [4.78, 5) is 0. The summed E-state index contributed by atoms with van der Waals surface area (Å²) in [5.41, 5.74) is 1.13. The SMILES string of the molecule is COc1cc(O)c(Oc2cc(OC)c(-c3c(OC)cc(OC)cc3OC)c(OC)c2)c(O)c1. The molecule has 0 unspecified atom stereocenters. The number of phenols is 2. The molecule has 9 nitrogen and oxygen atoms in total. The van der Waals surface area contributed by atoms with Gasteiger partial charge in [-0.2, -0.15) is 0 Å². The standard InChI is InChI=1S/C24H26O9/c1-27-13-7-16(25)24(17(26)8-13)33-15-11-20(31-5)23(21(12-15)32-6)22-18(29-3)9-14(28-2)10-19(22)30-4/h7-12,25-26H,1-6H3. The predicted molar refractivity (Wildman–Crippen MR) is 121 cm³/mol. The van der Waals surface area contributed by atoms with Gasteiger partial charge in [0.15, 0.2) is 11.5 Å². The molecule has 0 bridgehead atoms. The number of ether oxygens (including phenoxy) is 7. The van der Waals surface area contributed by atoms with Crippen molar-refractivity contribution in [3.8, 4) is 68.6 Å². The van der Waals surface area contributed by atoms with E-state index >= 15 is 0 Å². The Balaban J connectivity index is 2.19. The number of methoxy groups -OCH3 is 6. The van der Waals surface area contributed by atoms with E-state index in [9.17, 15) is 10.2 Å². The van der Waals surface area contributed by atoms with Crippen LogP contribution in [-0.2, 0) is 0 Å². The first-order chi connectivity index (χ1) is 15.9. The molecule has 0 atom stereocenters. The van der Waals surface area contributed by atoms with Crippen LogP contribution in [0.3, 0.4) is 0 Å². The molecule has 0 aliphatic heterocycles. The van der Waals surface area contributed by atoms with Crippen molar-refractivity contribution in [2.75, 3.05) is 42.7 Å². The van der Waals surface area contributed by atoms with Crippen molar-refractivity contribution in [1.82, 2.24) is 0 Å². The minimum absolute atomic E-state index is 0.146. The minimum Gasteiger partial charge on any atom is -0.504 e. The fourth-order valence-electron chi connectivity index (χ4n) is 3.36. The molecule has 3 rings (SSSR count). The van der Waals surface area contributed by atoms with Crippen LogP contribution in [0.1, 0.15) is 0 Å². The van der Waals surface area contributed by atoms with Gasteiger partial charge >= 0.3 is 0 Å². The molecule has 2 N–H and O–H groups in total. The van der Waals surface area contributed by atoms with Gasteiger partial charge in [-0.05, 0) is 0 Å². The number of rotatable bonds is 9. The van der Waals surface area contributed by atoms with E-state index in [0.717, 1.165) is 0 Å². The summed E-state index contributed by atoms with van der Waals surface area (Å²) in [5.74, 6) is 2.03. The van der Waals surface area contributed by atoms with Crippen LogP contribution in [0.4, 0.5) is 0 Å². The van der Waals surface area contributed by atoms with Gasteiger partial charge in [-0.25, -0.2) is 0 Å². The second-order valence-corrected chi connectivity index (χ2v) is 6.71. The number of benzene rings is 3. The van der Waals surface area contributed by atoms with Gasteiger partial charge < -0.3 is 43.4 Å². The molecule has 0 amide bonds. The van der Waals surface area contributed by atoms with Gasteiger partial charge in [-0.15, -0.1) is 0 Å². The van der Waals surface area contributed by atoms with E-state index < -0.39 is 0 Å². The predicted octanol–water partition coefficient (Wildman–Crippen LogP) is 4.61. The normalized spacial score (nSPS) is 10.4. The van der Waals surface area contributed by atoms with Gasteiger partial charge in [0.2, 0.25) is 5.75 Å². The van der Waals surface area contributed by atoms with Gasteiger partial charge in [0.25, 0.3) is 0 Å².